The Kier molecular flexibility index (Phi) is 3.10. The molecule has 2 rings (SSSR count). The summed E-state index contributed by atoms with van der Waals surface area (Å²) in [6.07, 6.45) is 1.06. The van der Waals surface area contributed by atoms with Gasteiger partial charge in [-0.3, -0.25) is 4.79 Å². The van der Waals surface area contributed by atoms with Crippen LogP contribution in [0, 0.1) is 0 Å². The number of carbonyl (C=O) groups excluding carboxylic acids is 1. The normalized spacial score (nSPS) is 17.4. The number of rotatable bonds is 1. The zero-order valence-electron chi connectivity index (χ0n) is 9.10. The molecule has 0 aromatic heterocycles. The fourth-order valence-corrected chi connectivity index (χ4v) is 1.92. The number of piperidine rings is 1. The van der Waals surface area contributed by atoms with Crippen molar-refractivity contribution in [1.82, 2.24) is 4.90 Å². The number of aliphatic hydroxyl groups is 1. The van der Waals surface area contributed by atoms with Crippen LogP contribution in [-0.4, -0.2) is 35.1 Å². The maximum atomic E-state index is 12.0. The number of carbonyl (C=O) groups is 1. The van der Waals surface area contributed by atoms with Crippen LogP contribution in [-0.2, 0) is 0 Å². The molecule has 1 aromatic carbocycles. The third kappa shape index (κ3) is 2.33. The fourth-order valence-electron chi connectivity index (χ4n) is 1.92. The summed E-state index contributed by atoms with van der Waals surface area (Å²) in [7, 11) is 0. The summed E-state index contributed by atoms with van der Waals surface area (Å²) in [5.74, 6) is -0.000741. The maximum absolute atomic E-state index is 12.0. The summed E-state index contributed by atoms with van der Waals surface area (Å²) in [6, 6.07) is 7.00. The summed E-state index contributed by atoms with van der Waals surface area (Å²) in [6.45, 7) is 1.24. The molecule has 0 saturated carbocycles. The summed E-state index contributed by atoms with van der Waals surface area (Å²) in [5.41, 5.74) is 6.86. The van der Waals surface area contributed by atoms with Crippen molar-refractivity contribution in [3.8, 4) is 0 Å². The molecule has 0 unspecified atom stereocenters. The largest absolute Gasteiger partial charge is 0.399 e. The third-order valence-electron chi connectivity index (χ3n) is 2.89. The summed E-state index contributed by atoms with van der Waals surface area (Å²) >= 11 is 0. The lowest BCUT2D eigenvalue weighted by Gasteiger charge is -2.29. The van der Waals surface area contributed by atoms with E-state index in [0.29, 0.717) is 37.2 Å². The first kappa shape index (κ1) is 11.0. The topological polar surface area (TPSA) is 66.6 Å². The Hall–Kier alpha value is -1.55. The summed E-state index contributed by atoms with van der Waals surface area (Å²) in [4.78, 5) is 13.8. The Morgan fingerprint density at radius 2 is 2.06 bits per heavy atom. The molecule has 4 nitrogen and oxygen atoms in total. The Morgan fingerprint density at radius 1 is 1.38 bits per heavy atom. The van der Waals surface area contributed by atoms with E-state index in [2.05, 4.69) is 0 Å². The van der Waals surface area contributed by atoms with Crippen LogP contribution in [0.4, 0.5) is 5.69 Å². The van der Waals surface area contributed by atoms with E-state index in [1.54, 1.807) is 29.2 Å². The van der Waals surface area contributed by atoms with Crippen LogP contribution in [0.25, 0.3) is 0 Å². The van der Waals surface area contributed by atoms with E-state index in [4.69, 9.17) is 5.73 Å². The van der Waals surface area contributed by atoms with Crippen LogP contribution in [0.1, 0.15) is 23.2 Å². The van der Waals surface area contributed by atoms with E-state index in [0.717, 1.165) is 0 Å². The molecule has 0 radical (unpaired) electrons. The van der Waals surface area contributed by atoms with Crippen LogP contribution in [0.3, 0.4) is 0 Å². The smallest absolute Gasteiger partial charge is 0.253 e. The van der Waals surface area contributed by atoms with Gasteiger partial charge in [-0.05, 0) is 31.0 Å². The number of hydrogen-bond acceptors (Lipinski definition) is 3. The molecular weight excluding hydrogens is 204 g/mol. The first-order valence-electron chi connectivity index (χ1n) is 5.49. The second kappa shape index (κ2) is 4.53. The van der Waals surface area contributed by atoms with Gasteiger partial charge in [0.2, 0.25) is 0 Å². The minimum atomic E-state index is -0.259. The highest BCUT2D eigenvalue weighted by atomic mass is 16.3. The number of anilines is 1. The van der Waals surface area contributed by atoms with Gasteiger partial charge < -0.3 is 15.7 Å². The molecule has 16 heavy (non-hydrogen) atoms. The van der Waals surface area contributed by atoms with Gasteiger partial charge in [0.1, 0.15) is 0 Å². The molecule has 1 aromatic rings. The molecule has 3 N–H and O–H groups in total. The Labute approximate surface area is 94.7 Å². The lowest BCUT2D eigenvalue weighted by Crippen LogP contribution is -2.40. The monoisotopic (exact) mass is 220 g/mol. The predicted octanol–water partition coefficient (Wildman–Crippen LogP) is 0.866. The zero-order valence-corrected chi connectivity index (χ0v) is 9.10. The minimum Gasteiger partial charge on any atom is -0.399 e. The SMILES string of the molecule is Nc1cccc(C(=O)N2CCC(O)CC2)c1. The molecule has 1 aliphatic heterocycles. The Bertz CT molecular complexity index is 384. The molecule has 1 aliphatic rings. The van der Waals surface area contributed by atoms with Crippen molar-refractivity contribution in [2.24, 2.45) is 0 Å². The van der Waals surface area contributed by atoms with E-state index in [9.17, 15) is 9.90 Å². The van der Waals surface area contributed by atoms with Gasteiger partial charge in [0, 0.05) is 24.3 Å². The molecular formula is C12H16N2O2. The van der Waals surface area contributed by atoms with Gasteiger partial charge in [0.05, 0.1) is 6.10 Å². The van der Waals surface area contributed by atoms with Crippen molar-refractivity contribution in [2.45, 2.75) is 18.9 Å². The lowest BCUT2D eigenvalue weighted by atomic mass is 10.1. The zero-order chi connectivity index (χ0) is 11.5. The van der Waals surface area contributed by atoms with Gasteiger partial charge in [-0.2, -0.15) is 0 Å². The molecule has 1 amide bonds. The number of aliphatic hydroxyl groups excluding tert-OH is 1. The second-order valence-electron chi connectivity index (χ2n) is 4.15. The van der Waals surface area contributed by atoms with E-state index in [1.165, 1.54) is 0 Å². The van der Waals surface area contributed by atoms with Gasteiger partial charge in [0.25, 0.3) is 5.91 Å². The van der Waals surface area contributed by atoms with Gasteiger partial charge in [-0.15, -0.1) is 0 Å². The average Bonchev–Trinajstić information content (AvgIpc) is 2.29. The second-order valence-corrected chi connectivity index (χ2v) is 4.15. The van der Waals surface area contributed by atoms with Crippen LogP contribution in [0.15, 0.2) is 24.3 Å². The molecule has 0 bridgehead atoms. The highest BCUT2D eigenvalue weighted by Crippen LogP contribution is 2.15. The van der Waals surface area contributed by atoms with Crippen LogP contribution >= 0.6 is 0 Å². The van der Waals surface area contributed by atoms with Crippen LogP contribution in [0.5, 0.6) is 0 Å². The quantitative estimate of drug-likeness (QED) is 0.690. The van der Waals surface area contributed by atoms with E-state index in [1.807, 2.05) is 0 Å². The van der Waals surface area contributed by atoms with E-state index >= 15 is 0 Å². The molecule has 1 saturated heterocycles. The highest BCUT2D eigenvalue weighted by molar-refractivity contribution is 5.95. The van der Waals surface area contributed by atoms with Gasteiger partial charge >= 0.3 is 0 Å². The van der Waals surface area contributed by atoms with Crippen molar-refractivity contribution in [3.63, 3.8) is 0 Å². The molecule has 86 valence electrons. The van der Waals surface area contributed by atoms with E-state index < -0.39 is 0 Å². The van der Waals surface area contributed by atoms with Crippen molar-refractivity contribution < 1.29 is 9.90 Å². The molecule has 0 spiro atoms. The minimum absolute atomic E-state index is 0.000741. The Morgan fingerprint density at radius 3 is 2.69 bits per heavy atom. The number of amides is 1. The molecule has 0 aliphatic carbocycles. The average molecular weight is 220 g/mol. The number of benzene rings is 1. The molecule has 1 heterocycles. The first-order chi connectivity index (χ1) is 7.66. The molecule has 0 atom stereocenters. The number of hydrogen-bond donors (Lipinski definition) is 2. The van der Waals surface area contributed by atoms with Crippen LogP contribution in [0.2, 0.25) is 0 Å². The van der Waals surface area contributed by atoms with Crippen molar-refractivity contribution in [1.29, 1.82) is 0 Å². The number of nitrogens with zero attached hydrogens (tertiary/aromatic N) is 1. The summed E-state index contributed by atoms with van der Waals surface area (Å²) < 4.78 is 0. The van der Waals surface area contributed by atoms with E-state index in [-0.39, 0.29) is 12.0 Å². The third-order valence-corrected chi connectivity index (χ3v) is 2.89. The fraction of sp³-hybridized carbons (Fsp3) is 0.417. The number of nitrogen functional groups attached to an aromatic ring is 1. The first-order valence-corrected chi connectivity index (χ1v) is 5.49. The predicted molar refractivity (Wildman–Crippen MR) is 62.0 cm³/mol. The summed E-state index contributed by atoms with van der Waals surface area (Å²) in [5, 5.41) is 9.37. The maximum Gasteiger partial charge on any atom is 0.253 e. The van der Waals surface area contributed by atoms with Crippen molar-refractivity contribution in [3.05, 3.63) is 29.8 Å². The van der Waals surface area contributed by atoms with Crippen molar-refractivity contribution in [2.75, 3.05) is 18.8 Å². The standard InChI is InChI=1S/C12H16N2O2/c13-10-3-1-2-9(8-10)12(16)14-6-4-11(15)5-7-14/h1-3,8,11,15H,4-7,13H2. The Balaban J connectivity index is 2.08. The molecule has 1 fully saturated rings. The number of nitrogens with two attached hydrogens (primary N) is 1. The van der Waals surface area contributed by atoms with Crippen LogP contribution < -0.4 is 5.73 Å². The number of likely N-dealkylation sites (tertiary alicyclic amines) is 1. The van der Waals surface area contributed by atoms with Gasteiger partial charge in [-0.25, -0.2) is 0 Å². The highest BCUT2D eigenvalue weighted by Gasteiger charge is 2.22. The van der Waals surface area contributed by atoms with Crippen molar-refractivity contribution >= 4 is 11.6 Å². The van der Waals surface area contributed by atoms with Gasteiger partial charge in [0.15, 0.2) is 0 Å². The lowest BCUT2D eigenvalue weighted by molar-refractivity contribution is 0.0546. The molecule has 4 heteroatoms. The van der Waals surface area contributed by atoms with Gasteiger partial charge in [-0.1, -0.05) is 6.07 Å².